The van der Waals surface area contributed by atoms with Gasteiger partial charge in [-0.1, -0.05) is 19.3 Å². The lowest BCUT2D eigenvalue weighted by Gasteiger charge is -2.50. The van der Waals surface area contributed by atoms with E-state index in [4.69, 9.17) is 0 Å². The molecule has 0 amide bonds. The van der Waals surface area contributed by atoms with E-state index in [9.17, 15) is 0 Å². The topological polar surface area (TPSA) is 3.24 Å². The van der Waals surface area contributed by atoms with E-state index in [1.165, 1.54) is 25.9 Å². The van der Waals surface area contributed by atoms with Gasteiger partial charge in [0.2, 0.25) is 0 Å². The molecule has 0 aromatic heterocycles. The van der Waals surface area contributed by atoms with Crippen molar-refractivity contribution in [2.45, 2.75) is 38.5 Å². The normalized spacial score (nSPS) is 48.6. The first-order valence-corrected chi connectivity index (χ1v) is 6.51. The molecule has 0 N–H and O–H groups in total. The van der Waals surface area contributed by atoms with Crippen LogP contribution in [0.25, 0.3) is 0 Å². The molecular formula is C13H23N. The van der Waals surface area contributed by atoms with Crippen molar-refractivity contribution < 1.29 is 0 Å². The molecule has 14 heavy (non-hydrogen) atoms. The van der Waals surface area contributed by atoms with Crippen LogP contribution in [0.5, 0.6) is 0 Å². The Kier molecular flexibility index (Phi) is 2.31. The zero-order valence-electron chi connectivity index (χ0n) is 9.41. The molecule has 1 nitrogen and oxygen atoms in total. The third-order valence-electron chi connectivity index (χ3n) is 4.96. The number of hydrogen-bond donors (Lipinski definition) is 0. The van der Waals surface area contributed by atoms with E-state index in [2.05, 4.69) is 11.9 Å². The van der Waals surface area contributed by atoms with Gasteiger partial charge in [-0.3, -0.25) is 0 Å². The maximum Gasteiger partial charge on any atom is 0.000958 e. The van der Waals surface area contributed by atoms with Crippen LogP contribution in [0, 0.1) is 23.7 Å². The Balaban J connectivity index is 1.76. The van der Waals surface area contributed by atoms with Crippen LogP contribution in [-0.4, -0.2) is 25.0 Å². The highest BCUT2D eigenvalue weighted by Gasteiger charge is 2.41. The highest BCUT2D eigenvalue weighted by atomic mass is 15.1. The molecule has 0 aromatic carbocycles. The number of nitrogens with zero attached hydrogens (tertiary/aromatic N) is 1. The van der Waals surface area contributed by atoms with Crippen molar-refractivity contribution in [1.82, 2.24) is 4.90 Å². The summed E-state index contributed by atoms with van der Waals surface area (Å²) in [4.78, 5) is 2.59. The van der Waals surface area contributed by atoms with E-state index in [1.807, 2.05) is 0 Å². The fourth-order valence-electron chi connectivity index (χ4n) is 4.55. The molecule has 3 aliphatic rings. The molecule has 3 rings (SSSR count). The predicted molar refractivity (Wildman–Crippen MR) is 59.2 cm³/mol. The maximum atomic E-state index is 2.59. The van der Waals surface area contributed by atoms with Gasteiger partial charge < -0.3 is 4.90 Å². The fourth-order valence-corrected chi connectivity index (χ4v) is 4.55. The minimum absolute atomic E-state index is 1.05. The summed E-state index contributed by atoms with van der Waals surface area (Å²) in [5, 5.41) is 0. The lowest BCUT2D eigenvalue weighted by Crippen LogP contribution is -2.48. The Hall–Kier alpha value is -0.0400. The molecule has 4 atom stereocenters. The molecule has 0 spiro atoms. The van der Waals surface area contributed by atoms with Gasteiger partial charge in [0.15, 0.2) is 0 Å². The van der Waals surface area contributed by atoms with E-state index < -0.39 is 0 Å². The maximum absolute atomic E-state index is 2.59. The van der Waals surface area contributed by atoms with Crippen molar-refractivity contribution >= 4 is 0 Å². The minimum Gasteiger partial charge on any atom is -0.306 e. The third kappa shape index (κ3) is 1.50. The number of rotatable bonds is 0. The zero-order chi connectivity index (χ0) is 9.54. The SMILES string of the molecule is CN1CC2CC3CCCCC3C(C2)C1. The van der Waals surface area contributed by atoms with Crippen LogP contribution in [-0.2, 0) is 0 Å². The summed E-state index contributed by atoms with van der Waals surface area (Å²) in [5.41, 5.74) is 0. The van der Waals surface area contributed by atoms with Crippen LogP contribution in [0.1, 0.15) is 38.5 Å². The van der Waals surface area contributed by atoms with Gasteiger partial charge in [-0.25, -0.2) is 0 Å². The molecule has 2 aliphatic carbocycles. The largest absolute Gasteiger partial charge is 0.306 e. The first-order valence-electron chi connectivity index (χ1n) is 6.51. The van der Waals surface area contributed by atoms with E-state index >= 15 is 0 Å². The van der Waals surface area contributed by atoms with E-state index in [0.29, 0.717) is 0 Å². The van der Waals surface area contributed by atoms with Crippen molar-refractivity contribution in [2.24, 2.45) is 23.7 Å². The van der Waals surface area contributed by atoms with E-state index in [0.717, 1.165) is 23.7 Å². The summed E-state index contributed by atoms with van der Waals surface area (Å²) < 4.78 is 0. The van der Waals surface area contributed by atoms with Crippen LogP contribution in [0.2, 0.25) is 0 Å². The Morgan fingerprint density at radius 1 is 0.929 bits per heavy atom. The molecule has 80 valence electrons. The molecule has 4 unspecified atom stereocenters. The van der Waals surface area contributed by atoms with Crippen molar-refractivity contribution in [3.63, 3.8) is 0 Å². The van der Waals surface area contributed by atoms with Gasteiger partial charge in [0.25, 0.3) is 0 Å². The van der Waals surface area contributed by atoms with Crippen LogP contribution in [0.15, 0.2) is 0 Å². The first kappa shape index (κ1) is 9.21. The Labute approximate surface area is 87.9 Å². The first-order chi connectivity index (χ1) is 6.83. The zero-order valence-corrected chi connectivity index (χ0v) is 9.41. The summed E-state index contributed by atoms with van der Waals surface area (Å²) in [5.74, 6) is 4.36. The second-order valence-corrected chi connectivity index (χ2v) is 6.03. The molecular weight excluding hydrogens is 170 g/mol. The Bertz CT molecular complexity index is 211. The highest BCUT2D eigenvalue weighted by Crippen LogP contribution is 2.47. The van der Waals surface area contributed by atoms with Crippen molar-refractivity contribution in [3.05, 3.63) is 0 Å². The van der Waals surface area contributed by atoms with Crippen molar-refractivity contribution in [2.75, 3.05) is 20.1 Å². The van der Waals surface area contributed by atoms with Gasteiger partial charge in [-0.15, -0.1) is 0 Å². The average molecular weight is 193 g/mol. The van der Waals surface area contributed by atoms with Gasteiger partial charge in [0.1, 0.15) is 0 Å². The minimum atomic E-state index is 1.05. The molecule has 2 saturated carbocycles. The molecule has 0 radical (unpaired) electrons. The van der Waals surface area contributed by atoms with Crippen molar-refractivity contribution in [3.8, 4) is 0 Å². The predicted octanol–water partition coefficient (Wildman–Crippen LogP) is 2.76. The van der Waals surface area contributed by atoms with Gasteiger partial charge in [-0.05, 0) is 50.0 Å². The summed E-state index contributed by atoms with van der Waals surface area (Å²) in [7, 11) is 2.32. The van der Waals surface area contributed by atoms with Crippen molar-refractivity contribution in [1.29, 1.82) is 0 Å². The molecule has 1 heteroatoms. The molecule has 3 fully saturated rings. The Morgan fingerprint density at radius 3 is 2.64 bits per heavy atom. The van der Waals surface area contributed by atoms with Gasteiger partial charge in [0.05, 0.1) is 0 Å². The lowest BCUT2D eigenvalue weighted by molar-refractivity contribution is 0.000160. The third-order valence-corrected chi connectivity index (χ3v) is 4.96. The monoisotopic (exact) mass is 193 g/mol. The number of hydrogen-bond acceptors (Lipinski definition) is 1. The molecule has 1 saturated heterocycles. The molecule has 0 aromatic rings. The smallest absolute Gasteiger partial charge is 0.000958 e. The molecule has 2 bridgehead atoms. The van der Waals surface area contributed by atoms with Gasteiger partial charge in [0, 0.05) is 13.1 Å². The van der Waals surface area contributed by atoms with Crippen LogP contribution < -0.4 is 0 Å². The molecule has 1 heterocycles. The van der Waals surface area contributed by atoms with E-state index in [-0.39, 0.29) is 0 Å². The number of likely N-dealkylation sites (tertiary alicyclic amines) is 1. The standard InChI is InChI=1S/C13H23N/c1-14-8-10-6-11-4-2-3-5-13(11)12(7-10)9-14/h10-13H,2-9H2,1H3. The highest BCUT2D eigenvalue weighted by molar-refractivity contribution is 4.93. The quantitative estimate of drug-likeness (QED) is 0.572. The number of fused-ring (bicyclic) bond motifs is 4. The van der Waals surface area contributed by atoms with Gasteiger partial charge in [-0.2, -0.15) is 0 Å². The summed E-state index contributed by atoms with van der Waals surface area (Å²) in [6.45, 7) is 2.79. The van der Waals surface area contributed by atoms with Crippen LogP contribution in [0.3, 0.4) is 0 Å². The second-order valence-electron chi connectivity index (χ2n) is 6.03. The fraction of sp³-hybridized carbons (Fsp3) is 1.00. The number of piperidine rings is 1. The lowest BCUT2D eigenvalue weighted by atomic mass is 9.61. The second kappa shape index (κ2) is 3.52. The van der Waals surface area contributed by atoms with E-state index in [1.54, 1.807) is 25.7 Å². The van der Waals surface area contributed by atoms with Crippen LogP contribution >= 0.6 is 0 Å². The van der Waals surface area contributed by atoms with Gasteiger partial charge >= 0.3 is 0 Å². The Morgan fingerprint density at radius 2 is 1.71 bits per heavy atom. The summed E-state index contributed by atoms with van der Waals surface area (Å²) in [6.07, 6.45) is 9.27. The van der Waals surface area contributed by atoms with Crippen LogP contribution in [0.4, 0.5) is 0 Å². The molecule has 1 aliphatic heterocycles. The summed E-state index contributed by atoms with van der Waals surface area (Å²) in [6, 6.07) is 0. The average Bonchev–Trinajstić information content (AvgIpc) is 2.17. The summed E-state index contributed by atoms with van der Waals surface area (Å²) >= 11 is 0.